The zero-order chi connectivity index (χ0) is 16.3. The number of nitrogens with two attached hydrogens (primary N) is 1. The minimum absolute atomic E-state index is 0.0381. The van der Waals surface area contributed by atoms with E-state index in [-0.39, 0.29) is 17.4 Å². The molecule has 0 aromatic carbocycles. The third-order valence-corrected chi connectivity index (χ3v) is 4.70. The Hall–Kier alpha value is -0.290. The molecule has 1 aliphatic rings. The first-order valence-corrected chi connectivity index (χ1v) is 8.07. The number of nitrogens with zero attached hydrogens (tertiary/aromatic N) is 1. The van der Waals surface area contributed by atoms with Crippen LogP contribution in [0.3, 0.4) is 0 Å². The minimum atomic E-state index is -4.13. The highest BCUT2D eigenvalue weighted by Crippen LogP contribution is 2.40. The van der Waals surface area contributed by atoms with E-state index in [2.05, 4.69) is 20.8 Å². The fraction of sp³-hybridized carbons (Fsp3) is 1.00. The average molecular weight is 308 g/mol. The quantitative estimate of drug-likeness (QED) is 0.830. The van der Waals surface area contributed by atoms with Crippen molar-refractivity contribution in [3.63, 3.8) is 0 Å². The van der Waals surface area contributed by atoms with Crippen LogP contribution in [0.4, 0.5) is 13.2 Å². The van der Waals surface area contributed by atoms with E-state index in [4.69, 9.17) is 5.73 Å². The zero-order valence-corrected chi connectivity index (χ0v) is 13.8. The molecular formula is C16H31F3N2. The molecule has 126 valence electrons. The molecule has 21 heavy (non-hydrogen) atoms. The van der Waals surface area contributed by atoms with Crippen LogP contribution in [0.5, 0.6) is 0 Å². The Labute approximate surface area is 127 Å². The second-order valence-electron chi connectivity index (χ2n) is 7.65. The van der Waals surface area contributed by atoms with Crippen molar-refractivity contribution in [2.45, 2.75) is 65.6 Å². The summed E-state index contributed by atoms with van der Waals surface area (Å²) in [4.78, 5) is 1.54. The first-order chi connectivity index (χ1) is 9.53. The summed E-state index contributed by atoms with van der Waals surface area (Å²) in [5.41, 5.74) is 6.39. The van der Waals surface area contributed by atoms with Gasteiger partial charge in [0, 0.05) is 12.6 Å². The van der Waals surface area contributed by atoms with Crippen molar-refractivity contribution in [2.75, 3.05) is 19.6 Å². The van der Waals surface area contributed by atoms with Gasteiger partial charge in [0.1, 0.15) is 0 Å². The lowest BCUT2D eigenvalue weighted by atomic mass is 9.67. The van der Waals surface area contributed by atoms with Gasteiger partial charge in [-0.05, 0) is 49.5 Å². The molecule has 1 saturated carbocycles. The van der Waals surface area contributed by atoms with Crippen LogP contribution in [-0.2, 0) is 0 Å². The summed E-state index contributed by atoms with van der Waals surface area (Å²) in [5, 5.41) is 0. The molecule has 0 saturated heterocycles. The van der Waals surface area contributed by atoms with Crippen molar-refractivity contribution in [1.82, 2.24) is 4.90 Å². The Kier molecular flexibility index (Phi) is 6.54. The zero-order valence-electron chi connectivity index (χ0n) is 13.8. The van der Waals surface area contributed by atoms with Crippen LogP contribution in [-0.4, -0.2) is 36.8 Å². The van der Waals surface area contributed by atoms with Gasteiger partial charge in [0.15, 0.2) is 0 Å². The molecular weight excluding hydrogens is 277 g/mol. The van der Waals surface area contributed by atoms with Gasteiger partial charge in [0.2, 0.25) is 0 Å². The van der Waals surface area contributed by atoms with Crippen molar-refractivity contribution < 1.29 is 13.2 Å². The third-order valence-electron chi connectivity index (χ3n) is 4.70. The highest BCUT2D eigenvalue weighted by Gasteiger charge is 2.37. The fourth-order valence-electron chi connectivity index (χ4n) is 3.42. The van der Waals surface area contributed by atoms with Crippen molar-refractivity contribution in [2.24, 2.45) is 23.0 Å². The van der Waals surface area contributed by atoms with Gasteiger partial charge in [-0.25, -0.2) is 0 Å². The van der Waals surface area contributed by atoms with E-state index in [1.165, 1.54) is 4.90 Å². The fourth-order valence-corrected chi connectivity index (χ4v) is 3.42. The highest BCUT2D eigenvalue weighted by molar-refractivity contribution is 4.89. The van der Waals surface area contributed by atoms with Gasteiger partial charge in [-0.15, -0.1) is 0 Å². The molecule has 3 unspecified atom stereocenters. The van der Waals surface area contributed by atoms with Gasteiger partial charge in [0.25, 0.3) is 0 Å². The van der Waals surface area contributed by atoms with Crippen molar-refractivity contribution in [3.05, 3.63) is 0 Å². The maximum absolute atomic E-state index is 12.7. The molecule has 1 aliphatic carbocycles. The summed E-state index contributed by atoms with van der Waals surface area (Å²) >= 11 is 0. The molecule has 0 bridgehead atoms. The van der Waals surface area contributed by atoms with Gasteiger partial charge < -0.3 is 5.73 Å². The van der Waals surface area contributed by atoms with Crippen LogP contribution in [0.25, 0.3) is 0 Å². The molecule has 0 heterocycles. The molecule has 3 atom stereocenters. The van der Waals surface area contributed by atoms with Gasteiger partial charge in [-0.2, -0.15) is 13.2 Å². The van der Waals surface area contributed by atoms with Crippen LogP contribution >= 0.6 is 0 Å². The SMILES string of the molecule is CCCN(CC1CC(C(C)(C)C)CCC1N)CC(F)(F)F. The van der Waals surface area contributed by atoms with Crippen molar-refractivity contribution in [1.29, 1.82) is 0 Å². The second kappa shape index (κ2) is 7.32. The number of rotatable bonds is 5. The van der Waals surface area contributed by atoms with Gasteiger partial charge in [0.05, 0.1) is 6.54 Å². The summed E-state index contributed by atoms with van der Waals surface area (Å²) in [5.74, 6) is 0.730. The Morgan fingerprint density at radius 3 is 2.24 bits per heavy atom. The smallest absolute Gasteiger partial charge is 0.327 e. The highest BCUT2D eigenvalue weighted by atomic mass is 19.4. The van der Waals surface area contributed by atoms with E-state index in [0.717, 1.165) is 25.7 Å². The molecule has 0 radical (unpaired) electrons. The van der Waals surface area contributed by atoms with Crippen LogP contribution in [0.15, 0.2) is 0 Å². The monoisotopic (exact) mass is 308 g/mol. The molecule has 0 aromatic heterocycles. The maximum Gasteiger partial charge on any atom is 0.401 e. The predicted octanol–water partition coefficient (Wildman–Crippen LogP) is 4.05. The van der Waals surface area contributed by atoms with Crippen LogP contribution < -0.4 is 5.73 Å². The number of hydrogen-bond donors (Lipinski definition) is 1. The van der Waals surface area contributed by atoms with E-state index in [1.807, 2.05) is 6.92 Å². The van der Waals surface area contributed by atoms with E-state index < -0.39 is 12.7 Å². The summed E-state index contributed by atoms with van der Waals surface area (Å²) < 4.78 is 38.0. The normalized spacial score (nSPS) is 28.1. The Bertz CT molecular complexity index is 310. The lowest BCUT2D eigenvalue weighted by molar-refractivity contribution is -0.148. The molecule has 0 aromatic rings. The Morgan fingerprint density at radius 1 is 1.14 bits per heavy atom. The van der Waals surface area contributed by atoms with Crippen LogP contribution in [0.2, 0.25) is 0 Å². The summed E-state index contributed by atoms with van der Waals surface area (Å²) in [6.07, 6.45) is -0.423. The first-order valence-electron chi connectivity index (χ1n) is 8.07. The minimum Gasteiger partial charge on any atom is -0.327 e. The number of alkyl halides is 3. The van der Waals surface area contributed by atoms with E-state index in [0.29, 0.717) is 19.0 Å². The van der Waals surface area contributed by atoms with Gasteiger partial charge in [-0.3, -0.25) is 4.90 Å². The van der Waals surface area contributed by atoms with Gasteiger partial charge >= 0.3 is 6.18 Å². The molecule has 1 fully saturated rings. The van der Waals surface area contributed by atoms with Crippen molar-refractivity contribution in [3.8, 4) is 0 Å². The molecule has 0 amide bonds. The summed E-state index contributed by atoms with van der Waals surface area (Å²) in [6, 6.07) is 0.0381. The van der Waals surface area contributed by atoms with Crippen LogP contribution in [0.1, 0.15) is 53.4 Å². The van der Waals surface area contributed by atoms with Crippen LogP contribution in [0, 0.1) is 17.3 Å². The summed E-state index contributed by atoms with van der Waals surface area (Å²) in [7, 11) is 0. The largest absolute Gasteiger partial charge is 0.401 e. The van der Waals surface area contributed by atoms with Crippen molar-refractivity contribution >= 4 is 0 Å². The third kappa shape index (κ3) is 6.55. The molecule has 1 rings (SSSR count). The Morgan fingerprint density at radius 2 is 1.76 bits per heavy atom. The molecule has 0 spiro atoms. The Balaban J connectivity index is 2.67. The van der Waals surface area contributed by atoms with E-state index >= 15 is 0 Å². The topological polar surface area (TPSA) is 29.3 Å². The lowest BCUT2D eigenvalue weighted by Crippen LogP contribution is -2.47. The standard InChI is InChI=1S/C16H31F3N2/c1-5-8-21(11-16(17,18)19)10-12-9-13(15(2,3)4)6-7-14(12)20/h12-14H,5-11,20H2,1-4H3. The number of hydrogen-bond acceptors (Lipinski definition) is 2. The van der Waals surface area contributed by atoms with Gasteiger partial charge in [-0.1, -0.05) is 27.7 Å². The predicted molar refractivity (Wildman–Crippen MR) is 81.0 cm³/mol. The first kappa shape index (κ1) is 18.8. The number of halogens is 3. The molecule has 2 nitrogen and oxygen atoms in total. The average Bonchev–Trinajstić information content (AvgIpc) is 2.28. The van der Waals surface area contributed by atoms with E-state index in [1.54, 1.807) is 0 Å². The van der Waals surface area contributed by atoms with E-state index in [9.17, 15) is 13.2 Å². The second-order valence-corrected chi connectivity index (χ2v) is 7.65. The molecule has 0 aliphatic heterocycles. The maximum atomic E-state index is 12.7. The summed E-state index contributed by atoms with van der Waals surface area (Å²) in [6.45, 7) is 8.71. The lowest BCUT2D eigenvalue weighted by Gasteiger charge is -2.42. The molecule has 5 heteroatoms. The molecule has 2 N–H and O–H groups in total.